The van der Waals surface area contributed by atoms with Crippen molar-refractivity contribution in [3.8, 4) is 0 Å². The Balaban J connectivity index is 2.63. The summed E-state index contributed by atoms with van der Waals surface area (Å²) in [7, 11) is 0. The lowest BCUT2D eigenvalue weighted by atomic mass is 10.2. The first-order chi connectivity index (χ1) is 5.20. The fourth-order valence-electron chi connectivity index (χ4n) is 1.30. The number of aryl methyl sites for hydroxylation is 1. The first kappa shape index (κ1) is 6.39. The van der Waals surface area contributed by atoms with E-state index in [-0.39, 0.29) is 11.9 Å². The summed E-state index contributed by atoms with van der Waals surface area (Å²) in [4.78, 5) is 11.1. The number of amides is 1. The SMILES string of the molecule is Cc1onc2c1C(=O)NC2C. The Bertz CT molecular complexity index is 316. The smallest absolute Gasteiger partial charge is 0.257 e. The zero-order chi connectivity index (χ0) is 8.01. The van der Waals surface area contributed by atoms with Crippen molar-refractivity contribution in [2.45, 2.75) is 19.9 Å². The molecule has 0 saturated heterocycles. The third kappa shape index (κ3) is 0.691. The van der Waals surface area contributed by atoms with Crippen LogP contribution >= 0.6 is 0 Å². The number of hydrogen-bond donors (Lipinski definition) is 1. The molecule has 2 rings (SSSR count). The maximum absolute atomic E-state index is 11.1. The summed E-state index contributed by atoms with van der Waals surface area (Å²) < 4.78 is 4.87. The van der Waals surface area contributed by atoms with E-state index in [4.69, 9.17) is 4.52 Å². The summed E-state index contributed by atoms with van der Waals surface area (Å²) in [6, 6.07) is -0.00468. The van der Waals surface area contributed by atoms with Crippen molar-refractivity contribution < 1.29 is 9.32 Å². The van der Waals surface area contributed by atoms with Crippen molar-refractivity contribution in [1.29, 1.82) is 0 Å². The zero-order valence-corrected chi connectivity index (χ0v) is 6.34. The van der Waals surface area contributed by atoms with E-state index >= 15 is 0 Å². The summed E-state index contributed by atoms with van der Waals surface area (Å²) >= 11 is 0. The normalized spacial score (nSPS) is 21.6. The molecular formula is C7H8N2O2. The number of hydrogen-bond acceptors (Lipinski definition) is 3. The molecule has 0 radical (unpaired) electrons. The molecule has 0 fully saturated rings. The predicted molar refractivity (Wildman–Crippen MR) is 37.1 cm³/mol. The minimum atomic E-state index is -0.0775. The Morgan fingerprint density at radius 2 is 2.36 bits per heavy atom. The Hall–Kier alpha value is -1.32. The first-order valence-corrected chi connectivity index (χ1v) is 3.47. The summed E-state index contributed by atoms with van der Waals surface area (Å²) in [6.07, 6.45) is 0. The van der Waals surface area contributed by atoms with Crippen molar-refractivity contribution in [1.82, 2.24) is 10.5 Å². The molecule has 0 bridgehead atoms. The van der Waals surface area contributed by atoms with E-state index < -0.39 is 0 Å². The van der Waals surface area contributed by atoms with Crippen LogP contribution in [-0.4, -0.2) is 11.1 Å². The standard InChI is InChI=1S/C7H8N2O2/c1-3-6-5(7(10)8-3)4(2)11-9-6/h3H,1-2H3,(H,8,10). The second-order valence-electron chi connectivity index (χ2n) is 2.69. The van der Waals surface area contributed by atoms with Crippen LogP contribution in [0.25, 0.3) is 0 Å². The summed E-state index contributed by atoms with van der Waals surface area (Å²) in [6.45, 7) is 3.62. The number of carbonyl (C=O) groups excluding carboxylic acids is 1. The van der Waals surface area contributed by atoms with Gasteiger partial charge in [-0.3, -0.25) is 4.79 Å². The van der Waals surface area contributed by atoms with Gasteiger partial charge in [-0.25, -0.2) is 0 Å². The largest absolute Gasteiger partial charge is 0.360 e. The number of aromatic nitrogens is 1. The minimum absolute atomic E-state index is 0.00468. The maximum atomic E-state index is 11.1. The van der Waals surface area contributed by atoms with Gasteiger partial charge in [0.15, 0.2) is 0 Å². The Morgan fingerprint density at radius 3 is 3.00 bits per heavy atom. The molecule has 58 valence electrons. The van der Waals surface area contributed by atoms with Crippen LogP contribution in [0.2, 0.25) is 0 Å². The molecule has 11 heavy (non-hydrogen) atoms. The average Bonchev–Trinajstić information content (AvgIpc) is 2.41. The van der Waals surface area contributed by atoms with Crippen LogP contribution in [0.3, 0.4) is 0 Å². The molecule has 0 saturated carbocycles. The molecular weight excluding hydrogens is 144 g/mol. The Morgan fingerprint density at radius 1 is 1.64 bits per heavy atom. The number of nitrogens with zero attached hydrogens (tertiary/aromatic N) is 1. The topological polar surface area (TPSA) is 55.1 Å². The highest BCUT2D eigenvalue weighted by Crippen LogP contribution is 2.25. The quantitative estimate of drug-likeness (QED) is 0.597. The van der Waals surface area contributed by atoms with Crippen molar-refractivity contribution in [3.05, 3.63) is 17.0 Å². The Labute approximate surface area is 63.6 Å². The van der Waals surface area contributed by atoms with Gasteiger partial charge in [0.25, 0.3) is 5.91 Å². The molecule has 4 nitrogen and oxygen atoms in total. The lowest BCUT2D eigenvalue weighted by Gasteiger charge is -1.97. The second-order valence-corrected chi connectivity index (χ2v) is 2.69. The molecule has 0 spiro atoms. The fraction of sp³-hybridized carbons (Fsp3) is 0.429. The molecule has 0 aromatic carbocycles. The van der Waals surface area contributed by atoms with Gasteiger partial charge in [0.1, 0.15) is 17.0 Å². The second kappa shape index (κ2) is 1.84. The lowest BCUT2D eigenvalue weighted by molar-refractivity contribution is 0.0954. The van der Waals surface area contributed by atoms with Crippen molar-refractivity contribution in [2.24, 2.45) is 0 Å². The maximum Gasteiger partial charge on any atom is 0.257 e. The third-order valence-corrected chi connectivity index (χ3v) is 1.87. The number of rotatable bonds is 0. The van der Waals surface area contributed by atoms with Crippen LogP contribution in [0.4, 0.5) is 0 Å². The van der Waals surface area contributed by atoms with E-state index in [2.05, 4.69) is 10.5 Å². The number of fused-ring (bicyclic) bond motifs is 1. The van der Waals surface area contributed by atoms with E-state index in [0.717, 1.165) is 5.69 Å². The highest BCUT2D eigenvalue weighted by atomic mass is 16.5. The average molecular weight is 152 g/mol. The van der Waals surface area contributed by atoms with Gasteiger partial charge in [-0.1, -0.05) is 5.16 Å². The van der Waals surface area contributed by atoms with Gasteiger partial charge in [0.2, 0.25) is 0 Å². The lowest BCUT2D eigenvalue weighted by Crippen LogP contribution is -2.17. The molecule has 1 amide bonds. The van der Waals surface area contributed by atoms with Crippen LogP contribution in [-0.2, 0) is 0 Å². The molecule has 1 aliphatic heterocycles. The van der Waals surface area contributed by atoms with Crippen LogP contribution in [0.1, 0.15) is 34.8 Å². The van der Waals surface area contributed by atoms with Gasteiger partial charge in [0, 0.05) is 0 Å². The van der Waals surface area contributed by atoms with Crippen molar-refractivity contribution >= 4 is 5.91 Å². The molecule has 1 N–H and O–H groups in total. The molecule has 1 aliphatic rings. The minimum Gasteiger partial charge on any atom is -0.360 e. The first-order valence-electron chi connectivity index (χ1n) is 3.47. The highest BCUT2D eigenvalue weighted by Gasteiger charge is 2.31. The monoisotopic (exact) mass is 152 g/mol. The van der Waals surface area contributed by atoms with Crippen molar-refractivity contribution in [3.63, 3.8) is 0 Å². The van der Waals surface area contributed by atoms with E-state index in [0.29, 0.717) is 11.3 Å². The van der Waals surface area contributed by atoms with E-state index in [1.165, 1.54) is 0 Å². The molecule has 1 aromatic heterocycles. The molecule has 1 unspecified atom stereocenters. The fourth-order valence-corrected chi connectivity index (χ4v) is 1.30. The Kier molecular flexibility index (Phi) is 1.07. The van der Waals surface area contributed by atoms with Crippen LogP contribution in [0.15, 0.2) is 4.52 Å². The summed E-state index contributed by atoms with van der Waals surface area (Å²) in [5.74, 6) is 0.521. The van der Waals surface area contributed by atoms with Gasteiger partial charge >= 0.3 is 0 Å². The van der Waals surface area contributed by atoms with E-state index in [1.54, 1.807) is 6.92 Å². The van der Waals surface area contributed by atoms with E-state index in [1.807, 2.05) is 6.92 Å². The summed E-state index contributed by atoms with van der Waals surface area (Å²) in [5, 5.41) is 6.51. The molecule has 1 aromatic rings. The van der Waals surface area contributed by atoms with Gasteiger partial charge < -0.3 is 9.84 Å². The highest BCUT2D eigenvalue weighted by molar-refractivity contribution is 5.99. The van der Waals surface area contributed by atoms with Gasteiger partial charge in [-0.15, -0.1) is 0 Å². The van der Waals surface area contributed by atoms with Crippen LogP contribution in [0.5, 0.6) is 0 Å². The molecule has 1 atom stereocenters. The van der Waals surface area contributed by atoms with Gasteiger partial charge in [-0.2, -0.15) is 0 Å². The number of carbonyl (C=O) groups is 1. The number of nitrogens with one attached hydrogen (secondary N) is 1. The van der Waals surface area contributed by atoms with E-state index in [9.17, 15) is 4.79 Å². The molecule has 0 aliphatic carbocycles. The van der Waals surface area contributed by atoms with Crippen molar-refractivity contribution in [2.75, 3.05) is 0 Å². The summed E-state index contributed by atoms with van der Waals surface area (Å²) in [5.41, 5.74) is 1.34. The van der Waals surface area contributed by atoms with Gasteiger partial charge in [0.05, 0.1) is 6.04 Å². The predicted octanol–water partition coefficient (Wildman–Crippen LogP) is 0.787. The third-order valence-electron chi connectivity index (χ3n) is 1.87. The van der Waals surface area contributed by atoms with Gasteiger partial charge in [-0.05, 0) is 13.8 Å². The molecule has 4 heteroatoms. The van der Waals surface area contributed by atoms with Crippen LogP contribution < -0.4 is 5.32 Å². The molecule has 2 heterocycles. The zero-order valence-electron chi connectivity index (χ0n) is 6.34. The van der Waals surface area contributed by atoms with Crippen LogP contribution in [0, 0.1) is 6.92 Å².